The number of alkyl halides is 3. The van der Waals surface area contributed by atoms with Crippen molar-refractivity contribution in [2.45, 2.75) is 31.2 Å². The quantitative estimate of drug-likeness (QED) is 0.880. The van der Waals surface area contributed by atoms with E-state index in [0.29, 0.717) is 25.9 Å². The Kier molecular flexibility index (Phi) is 4.51. The van der Waals surface area contributed by atoms with Crippen LogP contribution in [0.5, 0.6) is 5.75 Å². The highest BCUT2D eigenvalue weighted by atomic mass is 19.4. The number of amides is 1. The lowest BCUT2D eigenvalue weighted by Gasteiger charge is -2.37. The molecule has 1 saturated heterocycles. The number of ether oxygens (including phenoxy) is 1. The predicted octanol–water partition coefficient (Wildman–Crippen LogP) is 2.42. The van der Waals surface area contributed by atoms with Gasteiger partial charge in [0.15, 0.2) is 5.71 Å². The number of carbonyl (C=O) groups excluding carboxylic acids is 1. The third kappa shape index (κ3) is 3.89. The van der Waals surface area contributed by atoms with E-state index in [1.54, 1.807) is 4.90 Å². The maximum atomic E-state index is 12.5. The first-order chi connectivity index (χ1) is 12.2. The summed E-state index contributed by atoms with van der Waals surface area (Å²) in [5.41, 5.74) is -0.495. The number of nitrogens with zero attached hydrogens (tertiary/aromatic N) is 2. The van der Waals surface area contributed by atoms with E-state index in [9.17, 15) is 22.8 Å². The fourth-order valence-electron chi connectivity index (χ4n) is 3.00. The van der Waals surface area contributed by atoms with Gasteiger partial charge in [0, 0.05) is 37.9 Å². The molecule has 1 fully saturated rings. The number of aliphatic carboxylic acids is 1. The molecule has 1 N–H and O–H groups in total. The van der Waals surface area contributed by atoms with Gasteiger partial charge in [0.25, 0.3) is 5.91 Å². The molecule has 10 heteroatoms. The Bertz CT molecular complexity index is 737. The van der Waals surface area contributed by atoms with Crippen LogP contribution in [0.15, 0.2) is 29.4 Å². The molecule has 0 saturated carbocycles. The Morgan fingerprint density at radius 2 is 1.81 bits per heavy atom. The van der Waals surface area contributed by atoms with Crippen molar-refractivity contribution in [3.8, 4) is 5.75 Å². The second-order valence-electron chi connectivity index (χ2n) is 6.16. The number of halogens is 3. The Morgan fingerprint density at radius 3 is 2.31 bits per heavy atom. The van der Waals surface area contributed by atoms with Gasteiger partial charge in [-0.25, -0.2) is 4.79 Å². The van der Waals surface area contributed by atoms with Crippen molar-refractivity contribution in [1.29, 1.82) is 0 Å². The molecule has 0 bridgehead atoms. The summed E-state index contributed by atoms with van der Waals surface area (Å²) in [7, 11) is 0. The standard InChI is InChI=1S/C16H15F3N2O5/c17-16(18,19)25-11-3-1-10(2-4-11)13(22)21-7-5-15(6-8-21)9-12(14(23)24)20-26-15/h1-4H,5-9H2,(H,23,24). The molecular formula is C16H15F3N2O5. The van der Waals surface area contributed by atoms with Crippen molar-refractivity contribution >= 4 is 17.6 Å². The number of rotatable bonds is 3. The highest BCUT2D eigenvalue weighted by Crippen LogP contribution is 2.35. The molecule has 2 heterocycles. The van der Waals surface area contributed by atoms with Gasteiger partial charge < -0.3 is 19.6 Å². The molecular weight excluding hydrogens is 357 g/mol. The predicted molar refractivity (Wildman–Crippen MR) is 81.8 cm³/mol. The Labute approximate surface area is 146 Å². The fraction of sp³-hybridized carbons (Fsp3) is 0.438. The summed E-state index contributed by atoms with van der Waals surface area (Å²) in [5, 5.41) is 12.5. The van der Waals surface area contributed by atoms with Crippen LogP contribution in [0.25, 0.3) is 0 Å². The maximum absolute atomic E-state index is 12.5. The lowest BCUT2D eigenvalue weighted by Crippen LogP contribution is -2.47. The summed E-state index contributed by atoms with van der Waals surface area (Å²) in [6.45, 7) is 0.671. The first kappa shape index (κ1) is 18.0. The van der Waals surface area contributed by atoms with Crippen molar-refractivity contribution in [2.75, 3.05) is 13.1 Å². The molecule has 1 spiro atoms. The van der Waals surface area contributed by atoms with E-state index < -0.39 is 23.7 Å². The van der Waals surface area contributed by atoms with Crippen LogP contribution in [0.2, 0.25) is 0 Å². The van der Waals surface area contributed by atoms with Gasteiger partial charge in [0.05, 0.1) is 0 Å². The molecule has 0 unspecified atom stereocenters. The first-order valence-corrected chi connectivity index (χ1v) is 7.81. The van der Waals surface area contributed by atoms with Gasteiger partial charge in [-0.3, -0.25) is 4.79 Å². The number of carboxylic acid groups (broad SMARTS) is 1. The van der Waals surface area contributed by atoms with E-state index in [1.807, 2.05) is 0 Å². The summed E-state index contributed by atoms with van der Waals surface area (Å²) in [5.74, 6) is -1.85. The van der Waals surface area contributed by atoms with Crippen molar-refractivity contribution in [1.82, 2.24) is 4.90 Å². The number of oxime groups is 1. The molecule has 1 aromatic rings. The van der Waals surface area contributed by atoms with Gasteiger partial charge in [-0.1, -0.05) is 5.16 Å². The van der Waals surface area contributed by atoms with E-state index in [2.05, 4.69) is 9.89 Å². The molecule has 26 heavy (non-hydrogen) atoms. The minimum absolute atomic E-state index is 0.0370. The third-order valence-electron chi connectivity index (χ3n) is 4.38. The molecule has 140 valence electrons. The topological polar surface area (TPSA) is 88.4 Å². The van der Waals surface area contributed by atoms with Gasteiger partial charge in [-0.2, -0.15) is 0 Å². The average molecular weight is 372 g/mol. The van der Waals surface area contributed by atoms with Crippen molar-refractivity contribution in [2.24, 2.45) is 5.16 Å². The van der Waals surface area contributed by atoms with Crippen LogP contribution >= 0.6 is 0 Å². The summed E-state index contributed by atoms with van der Waals surface area (Å²) >= 11 is 0. The number of carbonyl (C=O) groups is 2. The third-order valence-corrected chi connectivity index (χ3v) is 4.38. The number of benzene rings is 1. The zero-order chi connectivity index (χ0) is 18.9. The second-order valence-corrected chi connectivity index (χ2v) is 6.16. The smallest absolute Gasteiger partial charge is 0.477 e. The highest BCUT2D eigenvalue weighted by Gasteiger charge is 2.44. The van der Waals surface area contributed by atoms with Gasteiger partial charge >= 0.3 is 12.3 Å². The summed E-state index contributed by atoms with van der Waals surface area (Å²) in [6.07, 6.45) is -3.75. The lowest BCUT2D eigenvalue weighted by molar-refractivity contribution is -0.274. The van der Waals surface area contributed by atoms with Crippen LogP contribution < -0.4 is 4.74 Å². The highest BCUT2D eigenvalue weighted by molar-refractivity contribution is 6.36. The van der Waals surface area contributed by atoms with Crippen LogP contribution in [-0.4, -0.2) is 52.6 Å². The van der Waals surface area contributed by atoms with Crippen molar-refractivity contribution < 1.29 is 37.4 Å². The Balaban J connectivity index is 1.58. The van der Waals surface area contributed by atoms with E-state index >= 15 is 0 Å². The van der Waals surface area contributed by atoms with E-state index in [1.165, 1.54) is 12.1 Å². The van der Waals surface area contributed by atoms with Crippen LogP contribution in [0.1, 0.15) is 29.6 Å². The minimum atomic E-state index is -4.79. The zero-order valence-electron chi connectivity index (χ0n) is 13.5. The SMILES string of the molecule is O=C(O)C1=NOC2(CCN(C(=O)c3ccc(OC(F)(F)F)cc3)CC2)C1. The minimum Gasteiger partial charge on any atom is -0.477 e. The number of hydrogen-bond acceptors (Lipinski definition) is 5. The Hall–Kier alpha value is -2.78. The van der Waals surface area contributed by atoms with E-state index in [-0.39, 0.29) is 23.6 Å². The molecule has 3 rings (SSSR count). The van der Waals surface area contributed by atoms with E-state index in [0.717, 1.165) is 12.1 Å². The van der Waals surface area contributed by atoms with Crippen molar-refractivity contribution in [3.05, 3.63) is 29.8 Å². The number of hydrogen-bond donors (Lipinski definition) is 1. The van der Waals surface area contributed by atoms with Crippen molar-refractivity contribution in [3.63, 3.8) is 0 Å². The first-order valence-electron chi connectivity index (χ1n) is 7.81. The molecule has 0 aliphatic carbocycles. The lowest BCUT2D eigenvalue weighted by atomic mass is 9.86. The van der Waals surface area contributed by atoms with E-state index in [4.69, 9.17) is 9.94 Å². The fourth-order valence-corrected chi connectivity index (χ4v) is 3.00. The van der Waals surface area contributed by atoms with Gasteiger partial charge in [-0.15, -0.1) is 13.2 Å². The molecule has 2 aliphatic rings. The summed E-state index contributed by atoms with van der Waals surface area (Å²) in [6, 6.07) is 4.70. The Morgan fingerprint density at radius 1 is 1.19 bits per heavy atom. The normalized spacial score (nSPS) is 19.0. The van der Waals surface area contributed by atoms with Crippen LogP contribution in [-0.2, 0) is 9.63 Å². The molecule has 0 atom stereocenters. The molecule has 0 radical (unpaired) electrons. The number of carboxylic acids is 1. The molecule has 7 nitrogen and oxygen atoms in total. The van der Waals surface area contributed by atoms with Crippen LogP contribution in [0.3, 0.4) is 0 Å². The maximum Gasteiger partial charge on any atom is 0.573 e. The second kappa shape index (κ2) is 6.50. The largest absolute Gasteiger partial charge is 0.573 e. The monoisotopic (exact) mass is 372 g/mol. The summed E-state index contributed by atoms with van der Waals surface area (Å²) in [4.78, 5) is 30.3. The molecule has 1 amide bonds. The summed E-state index contributed by atoms with van der Waals surface area (Å²) < 4.78 is 40.2. The van der Waals surface area contributed by atoms with Gasteiger partial charge in [0.1, 0.15) is 11.4 Å². The average Bonchev–Trinajstić information content (AvgIpc) is 2.98. The van der Waals surface area contributed by atoms with Gasteiger partial charge in [-0.05, 0) is 24.3 Å². The molecule has 0 aromatic heterocycles. The van der Waals surface area contributed by atoms with Crippen LogP contribution in [0.4, 0.5) is 13.2 Å². The van der Waals surface area contributed by atoms with Gasteiger partial charge in [0.2, 0.25) is 0 Å². The van der Waals surface area contributed by atoms with Crippen LogP contribution in [0, 0.1) is 0 Å². The number of piperidine rings is 1. The zero-order valence-corrected chi connectivity index (χ0v) is 13.5. The molecule has 1 aromatic carbocycles. The molecule has 2 aliphatic heterocycles. The number of likely N-dealkylation sites (tertiary alicyclic amines) is 1.